The molecule has 0 saturated heterocycles. The number of hydrogen-bond acceptors (Lipinski definition) is 3. The minimum Gasteiger partial charge on any atom is -0.507 e. The van der Waals surface area contributed by atoms with Gasteiger partial charge in [-0.3, -0.25) is 9.78 Å². The van der Waals surface area contributed by atoms with Crippen molar-refractivity contribution in [2.75, 3.05) is 5.32 Å². The van der Waals surface area contributed by atoms with Gasteiger partial charge in [-0.05, 0) is 65.1 Å². The van der Waals surface area contributed by atoms with Crippen molar-refractivity contribution < 1.29 is 9.90 Å². The van der Waals surface area contributed by atoms with Crippen LogP contribution in [0.5, 0.6) is 5.75 Å². The number of aromatic hydroxyl groups is 1. The molecule has 114 valence electrons. The summed E-state index contributed by atoms with van der Waals surface area (Å²) in [6.07, 6.45) is 1.74. The van der Waals surface area contributed by atoms with Crippen molar-refractivity contribution in [3.05, 3.63) is 76.0 Å². The maximum atomic E-state index is 12.2. The molecule has 1 amide bonds. The van der Waals surface area contributed by atoms with Crippen LogP contribution in [0.1, 0.15) is 10.4 Å². The van der Waals surface area contributed by atoms with Gasteiger partial charge >= 0.3 is 0 Å². The van der Waals surface area contributed by atoms with Crippen molar-refractivity contribution in [3.63, 3.8) is 0 Å². The fraction of sp³-hybridized carbons (Fsp3) is 0. The summed E-state index contributed by atoms with van der Waals surface area (Å²) in [5.41, 5.74) is 2.76. The summed E-state index contributed by atoms with van der Waals surface area (Å²) < 4.78 is 0.872. The summed E-state index contributed by atoms with van der Waals surface area (Å²) in [6.45, 7) is 0. The van der Waals surface area contributed by atoms with Crippen molar-refractivity contribution in [2.45, 2.75) is 0 Å². The Balaban J connectivity index is 1.77. The molecule has 0 aliphatic heterocycles. The van der Waals surface area contributed by atoms with Crippen molar-refractivity contribution >= 4 is 34.2 Å². The summed E-state index contributed by atoms with van der Waals surface area (Å²) in [6, 6.07) is 18.1. The molecule has 5 heteroatoms. The lowest BCUT2D eigenvalue weighted by Gasteiger charge is -2.08. The number of carbonyl (C=O) groups is 1. The topological polar surface area (TPSA) is 62.2 Å². The van der Waals surface area contributed by atoms with Crippen LogP contribution >= 0.6 is 22.6 Å². The lowest BCUT2D eigenvalue weighted by Crippen LogP contribution is -2.12. The van der Waals surface area contributed by atoms with Crippen LogP contribution in [0, 0.1) is 3.57 Å². The van der Waals surface area contributed by atoms with Crippen LogP contribution < -0.4 is 5.32 Å². The van der Waals surface area contributed by atoms with Crippen LogP contribution in [0.3, 0.4) is 0 Å². The zero-order chi connectivity index (χ0) is 16.2. The highest BCUT2D eigenvalue weighted by atomic mass is 127. The van der Waals surface area contributed by atoms with Crippen LogP contribution in [0.25, 0.3) is 11.3 Å². The first-order valence-corrected chi connectivity index (χ1v) is 8.03. The number of amides is 1. The van der Waals surface area contributed by atoms with Gasteiger partial charge in [0.15, 0.2) is 0 Å². The number of pyridine rings is 1. The van der Waals surface area contributed by atoms with E-state index in [4.69, 9.17) is 0 Å². The van der Waals surface area contributed by atoms with E-state index in [0.29, 0.717) is 5.69 Å². The number of aromatic nitrogens is 1. The zero-order valence-electron chi connectivity index (χ0n) is 12.0. The van der Waals surface area contributed by atoms with Gasteiger partial charge in [-0.25, -0.2) is 0 Å². The molecule has 2 N–H and O–H groups in total. The number of carbonyl (C=O) groups excluding carboxylic acids is 1. The molecule has 0 unspecified atom stereocenters. The Kier molecular flexibility index (Phi) is 4.57. The minimum atomic E-state index is -0.343. The van der Waals surface area contributed by atoms with Gasteiger partial charge in [0.2, 0.25) is 0 Å². The van der Waals surface area contributed by atoms with Gasteiger partial charge in [0.25, 0.3) is 5.91 Å². The first-order valence-electron chi connectivity index (χ1n) is 6.95. The van der Waals surface area contributed by atoms with Gasteiger partial charge in [0, 0.05) is 21.0 Å². The number of phenolic OH excluding ortho intramolecular Hbond substituents is 1. The second-order valence-electron chi connectivity index (χ2n) is 4.91. The average molecular weight is 416 g/mol. The van der Waals surface area contributed by atoms with E-state index < -0.39 is 0 Å². The zero-order valence-corrected chi connectivity index (χ0v) is 14.2. The molecule has 23 heavy (non-hydrogen) atoms. The Bertz CT molecular complexity index is 833. The fourth-order valence-corrected chi connectivity index (χ4v) is 2.63. The number of benzene rings is 2. The maximum Gasteiger partial charge on any atom is 0.259 e. The number of rotatable bonds is 3. The Labute approximate surface area is 147 Å². The van der Waals surface area contributed by atoms with Crippen LogP contribution in [0.2, 0.25) is 0 Å². The van der Waals surface area contributed by atoms with Crippen LogP contribution in [0.15, 0.2) is 66.9 Å². The molecule has 1 heterocycles. The molecule has 0 atom stereocenters. The van der Waals surface area contributed by atoms with E-state index in [9.17, 15) is 9.90 Å². The molecular weight excluding hydrogens is 403 g/mol. The molecule has 2 aromatic carbocycles. The molecule has 0 bridgehead atoms. The number of nitrogens with one attached hydrogen (secondary N) is 1. The van der Waals surface area contributed by atoms with Gasteiger partial charge < -0.3 is 10.4 Å². The lowest BCUT2D eigenvalue weighted by atomic mass is 10.1. The third-order valence-electron chi connectivity index (χ3n) is 3.31. The SMILES string of the molecule is O=C(Nc1ccc(-c2ccccn2)cc1)c1ccc(I)cc1O. The Hall–Kier alpha value is -2.41. The number of anilines is 1. The third-order valence-corrected chi connectivity index (χ3v) is 3.98. The summed E-state index contributed by atoms with van der Waals surface area (Å²) >= 11 is 2.08. The Morgan fingerprint density at radius 1 is 1.04 bits per heavy atom. The molecule has 0 fully saturated rings. The van der Waals surface area contributed by atoms with Gasteiger partial charge in [-0.15, -0.1) is 0 Å². The number of nitrogens with zero attached hydrogens (tertiary/aromatic N) is 1. The molecule has 0 aliphatic rings. The molecule has 0 spiro atoms. The van der Waals surface area contributed by atoms with Crippen molar-refractivity contribution in [1.29, 1.82) is 0 Å². The van der Waals surface area contributed by atoms with Gasteiger partial charge in [0.1, 0.15) is 5.75 Å². The monoisotopic (exact) mass is 416 g/mol. The van der Waals surface area contributed by atoms with E-state index in [2.05, 4.69) is 32.9 Å². The Morgan fingerprint density at radius 3 is 2.48 bits per heavy atom. The quantitative estimate of drug-likeness (QED) is 0.626. The highest BCUT2D eigenvalue weighted by Crippen LogP contribution is 2.23. The maximum absolute atomic E-state index is 12.2. The molecule has 3 aromatic rings. The largest absolute Gasteiger partial charge is 0.507 e. The fourth-order valence-electron chi connectivity index (χ4n) is 2.15. The molecule has 0 radical (unpaired) electrons. The highest BCUT2D eigenvalue weighted by molar-refractivity contribution is 14.1. The molecule has 3 rings (SSSR count). The Morgan fingerprint density at radius 2 is 1.83 bits per heavy atom. The van der Waals surface area contributed by atoms with Crippen molar-refractivity contribution in [2.24, 2.45) is 0 Å². The first kappa shape index (κ1) is 15.5. The number of halogens is 1. The van der Waals surface area contributed by atoms with E-state index in [-0.39, 0.29) is 17.2 Å². The summed E-state index contributed by atoms with van der Waals surface area (Å²) in [5, 5.41) is 12.6. The second-order valence-corrected chi connectivity index (χ2v) is 6.15. The van der Waals surface area contributed by atoms with E-state index in [0.717, 1.165) is 14.8 Å². The highest BCUT2D eigenvalue weighted by Gasteiger charge is 2.11. The number of phenols is 1. The summed E-state index contributed by atoms with van der Waals surface area (Å²) in [4.78, 5) is 16.5. The van der Waals surface area contributed by atoms with Gasteiger partial charge in [-0.2, -0.15) is 0 Å². The predicted octanol–water partition coefficient (Wildman–Crippen LogP) is 4.31. The third kappa shape index (κ3) is 3.68. The molecule has 1 aromatic heterocycles. The summed E-state index contributed by atoms with van der Waals surface area (Å²) in [5.74, 6) is -0.371. The standard InChI is InChI=1S/C18H13IN2O2/c19-13-6-9-15(17(22)11-13)18(23)21-14-7-4-12(5-8-14)16-3-1-2-10-20-16/h1-11,22H,(H,21,23). The normalized spacial score (nSPS) is 10.3. The van der Waals surface area contributed by atoms with Crippen molar-refractivity contribution in [1.82, 2.24) is 4.98 Å². The van der Waals surface area contributed by atoms with Crippen LogP contribution in [-0.4, -0.2) is 16.0 Å². The second kappa shape index (κ2) is 6.78. The predicted molar refractivity (Wildman–Crippen MR) is 98.5 cm³/mol. The molecular formula is C18H13IN2O2. The van der Waals surface area contributed by atoms with Gasteiger partial charge in [-0.1, -0.05) is 18.2 Å². The van der Waals surface area contributed by atoms with Crippen molar-refractivity contribution in [3.8, 4) is 17.0 Å². The molecule has 0 aliphatic carbocycles. The van der Waals surface area contributed by atoms with E-state index in [1.165, 1.54) is 0 Å². The molecule has 0 saturated carbocycles. The van der Waals surface area contributed by atoms with E-state index in [1.54, 1.807) is 24.4 Å². The van der Waals surface area contributed by atoms with Gasteiger partial charge in [0.05, 0.1) is 11.3 Å². The van der Waals surface area contributed by atoms with E-state index >= 15 is 0 Å². The van der Waals surface area contributed by atoms with Crippen LogP contribution in [0.4, 0.5) is 5.69 Å². The minimum absolute atomic E-state index is 0.0282. The lowest BCUT2D eigenvalue weighted by molar-refractivity contribution is 0.102. The summed E-state index contributed by atoms with van der Waals surface area (Å²) in [7, 11) is 0. The molecule has 4 nitrogen and oxygen atoms in total. The van der Waals surface area contributed by atoms with Crippen LogP contribution in [-0.2, 0) is 0 Å². The number of hydrogen-bond donors (Lipinski definition) is 2. The average Bonchev–Trinajstić information content (AvgIpc) is 2.56. The smallest absolute Gasteiger partial charge is 0.259 e. The van der Waals surface area contributed by atoms with E-state index in [1.807, 2.05) is 42.5 Å². The first-order chi connectivity index (χ1) is 11.1.